The molecule has 2 N–H and O–H groups in total. The van der Waals surface area contributed by atoms with Gasteiger partial charge in [0.05, 0.1) is 4.92 Å². The average Bonchev–Trinajstić information content (AvgIpc) is 2.36. The number of nitrogens with zero attached hydrogens (tertiary/aromatic N) is 1. The Kier molecular flexibility index (Phi) is 4.06. The molecule has 19 heavy (non-hydrogen) atoms. The molecule has 1 aromatic carbocycles. The lowest BCUT2D eigenvalue weighted by Crippen LogP contribution is -2.23. The number of halogens is 2. The summed E-state index contributed by atoms with van der Waals surface area (Å²) in [5.74, 6) is -2.02. The van der Waals surface area contributed by atoms with Crippen molar-refractivity contribution in [2.24, 2.45) is 0 Å². The number of anilines is 1. The maximum absolute atomic E-state index is 13.4. The molecule has 5 nitrogen and oxygen atoms in total. The van der Waals surface area contributed by atoms with Crippen LogP contribution in [0.1, 0.15) is 6.42 Å². The number of hydrogen-bond acceptors (Lipinski definition) is 4. The van der Waals surface area contributed by atoms with Gasteiger partial charge in [0.25, 0.3) is 0 Å². The number of hydrogen-bond donors (Lipinski definition) is 2. The van der Waals surface area contributed by atoms with Gasteiger partial charge in [0.15, 0.2) is 0 Å². The quantitative estimate of drug-likeness (QED) is 0.499. The molecule has 1 aliphatic heterocycles. The Morgan fingerprint density at radius 3 is 2.84 bits per heavy atom. The van der Waals surface area contributed by atoms with Gasteiger partial charge in [-0.1, -0.05) is 11.6 Å². The molecule has 0 atom stereocenters. The third kappa shape index (κ3) is 3.25. The highest BCUT2D eigenvalue weighted by Crippen LogP contribution is 2.29. The summed E-state index contributed by atoms with van der Waals surface area (Å²) in [6.07, 6.45) is 2.76. The van der Waals surface area contributed by atoms with Gasteiger partial charge in [-0.05, 0) is 13.0 Å². The zero-order valence-electron chi connectivity index (χ0n) is 10.1. The van der Waals surface area contributed by atoms with Crippen molar-refractivity contribution in [3.05, 3.63) is 45.5 Å². The van der Waals surface area contributed by atoms with Crippen LogP contribution in [0.2, 0.25) is 0 Å². The number of rotatable bonds is 4. The fourth-order valence-electron chi connectivity index (χ4n) is 1.93. The monoisotopic (exact) mass is 269 g/mol. The predicted molar refractivity (Wildman–Crippen MR) is 67.1 cm³/mol. The van der Waals surface area contributed by atoms with Crippen molar-refractivity contribution in [2.45, 2.75) is 6.42 Å². The first-order chi connectivity index (χ1) is 9.08. The summed E-state index contributed by atoms with van der Waals surface area (Å²) in [5, 5.41) is 16.6. The van der Waals surface area contributed by atoms with E-state index in [1.54, 1.807) is 0 Å². The van der Waals surface area contributed by atoms with Gasteiger partial charge in [0.2, 0.25) is 5.82 Å². The molecule has 0 spiro atoms. The Balaban J connectivity index is 2.19. The highest BCUT2D eigenvalue weighted by Gasteiger charge is 2.22. The van der Waals surface area contributed by atoms with Crippen molar-refractivity contribution in [3.8, 4) is 0 Å². The second-order valence-electron chi connectivity index (χ2n) is 4.21. The Bertz CT molecular complexity index is 532. The molecule has 0 radical (unpaired) electrons. The smallest absolute Gasteiger partial charge is 0.327 e. The van der Waals surface area contributed by atoms with E-state index in [2.05, 4.69) is 10.6 Å². The molecule has 0 saturated heterocycles. The van der Waals surface area contributed by atoms with Crippen LogP contribution in [0, 0.1) is 21.7 Å². The van der Waals surface area contributed by atoms with Gasteiger partial charge in [-0.25, -0.2) is 4.39 Å². The lowest BCUT2D eigenvalue weighted by Gasteiger charge is -2.15. The Morgan fingerprint density at radius 2 is 2.21 bits per heavy atom. The Labute approximate surface area is 108 Å². The highest BCUT2D eigenvalue weighted by molar-refractivity contribution is 5.62. The van der Waals surface area contributed by atoms with Crippen LogP contribution >= 0.6 is 0 Å². The van der Waals surface area contributed by atoms with Crippen molar-refractivity contribution in [2.75, 3.05) is 25.0 Å². The average molecular weight is 269 g/mol. The van der Waals surface area contributed by atoms with Crippen LogP contribution in [0.5, 0.6) is 0 Å². The van der Waals surface area contributed by atoms with E-state index in [1.165, 1.54) is 0 Å². The summed E-state index contributed by atoms with van der Waals surface area (Å²) < 4.78 is 26.5. The van der Waals surface area contributed by atoms with Crippen molar-refractivity contribution in [3.63, 3.8) is 0 Å². The van der Waals surface area contributed by atoms with Gasteiger partial charge >= 0.3 is 5.69 Å². The second-order valence-corrected chi connectivity index (χ2v) is 4.21. The molecule has 0 aromatic heterocycles. The van der Waals surface area contributed by atoms with E-state index in [-0.39, 0.29) is 5.69 Å². The molecular weight excluding hydrogens is 256 g/mol. The summed E-state index contributed by atoms with van der Waals surface area (Å²) in [5.41, 5.74) is 0.190. The van der Waals surface area contributed by atoms with Crippen molar-refractivity contribution in [1.29, 1.82) is 0 Å². The lowest BCUT2D eigenvalue weighted by atomic mass is 10.1. The van der Waals surface area contributed by atoms with Crippen LogP contribution in [0.4, 0.5) is 20.2 Å². The maximum atomic E-state index is 13.4. The van der Waals surface area contributed by atoms with Gasteiger partial charge in [0.1, 0.15) is 11.5 Å². The van der Waals surface area contributed by atoms with Crippen LogP contribution in [-0.4, -0.2) is 24.6 Å². The van der Waals surface area contributed by atoms with E-state index >= 15 is 0 Å². The first kappa shape index (κ1) is 13.4. The molecule has 0 bridgehead atoms. The van der Waals surface area contributed by atoms with Crippen molar-refractivity contribution >= 4 is 11.4 Å². The minimum Gasteiger partial charge on any atom is -0.376 e. The molecule has 0 aliphatic carbocycles. The van der Waals surface area contributed by atoms with Gasteiger partial charge in [0, 0.05) is 25.2 Å². The Morgan fingerprint density at radius 1 is 1.42 bits per heavy atom. The number of benzene rings is 1. The molecule has 0 amide bonds. The van der Waals surface area contributed by atoms with E-state index in [4.69, 9.17) is 0 Å². The van der Waals surface area contributed by atoms with Gasteiger partial charge in [-0.15, -0.1) is 0 Å². The van der Waals surface area contributed by atoms with Crippen molar-refractivity contribution < 1.29 is 13.7 Å². The summed E-state index contributed by atoms with van der Waals surface area (Å²) in [6, 6.07) is 1.44. The van der Waals surface area contributed by atoms with E-state index in [9.17, 15) is 18.9 Å². The summed E-state index contributed by atoms with van der Waals surface area (Å²) in [7, 11) is 0. The first-order valence-corrected chi connectivity index (χ1v) is 5.84. The number of nitrogens with one attached hydrogen (secondary N) is 2. The number of nitro groups is 1. The maximum Gasteiger partial charge on any atom is 0.327 e. The van der Waals surface area contributed by atoms with Crippen LogP contribution in [-0.2, 0) is 0 Å². The van der Waals surface area contributed by atoms with Crippen LogP contribution in [0.15, 0.2) is 23.8 Å². The topological polar surface area (TPSA) is 67.2 Å². The first-order valence-electron chi connectivity index (χ1n) is 5.84. The third-order valence-electron chi connectivity index (χ3n) is 2.87. The molecular formula is C12H13F2N3O2. The van der Waals surface area contributed by atoms with E-state index in [1.807, 2.05) is 6.08 Å². The molecule has 2 rings (SSSR count). The third-order valence-corrected chi connectivity index (χ3v) is 2.87. The van der Waals surface area contributed by atoms with E-state index < -0.39 is 22.2 Å². The fourth-order valence-corrected chi connectivity index (χ4v) is 1.93. The molecule has 0 unspecified atom stereocenters. The highest BCUT2D eigenvalue weighted by atomic mass is 19.1. The second kappa shape index (κ2) is 5.75. The normalized spacial score (nSPS) is 14.9. The summed E-state index contributed by atoms with van der Waals surface area (Å²) in [6.45, 7) is 1.90. The van der Waals surface area contributed by atoms with Crippen LogP contribution in [0.25, 0.3) is 0 Å². The minimum absolute atomic E-state index is 0.137. The minimum atomic E-state index is -1.17. The van der Waals surface area contributed by atoms with Gasteiger partial charge in [-0.2, -0.15) is 4.39 Å². The standard InChI is InChI=1S/C12H13F2N3O2/c13-9-5-10(14)12(17(18)19)11(6-9)16-7-8-1-3-15-4-2-8/h1,5-6,15-16H,2-4,7H2. The largest absolute Gasteiger partial charge is 0.376 e. The van der Waals surface area contributed by atoms with E-state index in [0.29, 0.717) is 12.6 Å². The van der Waals surface area contributed by atoms with Gasteiger partial charge in [-0.3, -0.25) is 10.1 Å². The SMILES string of the molecule is O=[N+]([O-])c1c(F)cc(F)cc1NCC1=CCNCC1. The zero-order chi connectivity index (χ0) is 13.8. The molecule has 1 heterocycles. The Hall–Kier alpha value is -2.02. The lowest BCUT2D eigenvalue weighted by molar-refractivity contribution is -0.386. The summed E-state index contributed by atoms with van der Waals surface area (Å²) in [4.78, 5) is 9.93. The van der Waals surface area contributed by atoms with Crippen LogP contribution in [0.3, 0.4) is 0 Å². The molecule has 102 valence electrons. The zero-order valence-corrected chi connectivity index (χ0v) is 10.1. The molecule has 1 aromatic rings. The fraction of sp³-hybridized carbons (Fsp3) is 0.333. The molecule has 7 heteroatoms. The van der Waals surface area contributed by atoms with Gasteiger partial charge < -0.3 is 10.6 Å². The predicted octanol–water partition coefficient (Wildman–Crippen LogP) is 2.20. The number of nitro benzene ring substituents is 1. The molecule has 1 aliphatic rings. The van der Waals surface area contributed by atoms with Crippen molar-refractivity contribution in [1.82, 2.24) is 5.32 Å². The van der Waals surface area contributed by atoms with Crippen LogP contribution < -0.4 is 10.6 Å². The molecule has 0 fully saturated rings. The molecule has 0 saturated carbocycles. The summed E-state index contributed by atoms with van der Waals surface area (Å²) >= 11 is 0. The van der Waals surface area contributed by atoms with E-state index in [0.717, 1.165) is 31.1 Å².